The van der Waals surface area contributed by atoms with Gasteiger partial charge in [-0.2, -0.15) is 0 Å². The predicted molar refractivity (Wildman–Crippen MR) is 92.7 cm³/mol. The lowest BCUT2D eigenvalue weighted by atomic mass is 9.79. The number of benzene rings is 2. The lowest BCUT2D eigenvalue weighted by molar-refractivity contribution is -0.131. The van der Waals surface area contributed by atoms with Crippen LogP contribution in [-0.2, 0) is 16.8 Å². The molecule has 3 N–H and O–H groups in total. The summed E-state index contributed by atoms with van der Waals surface area (Å²) in [6.07, 6.45) is 0.999. The number of amides is 1. The molecule has 2 aromatic carbocycles. The van der Waals surface area contributed by atoms with Crippen molar-refractivity contribution >= 4 is 17.5 Å². The van der Waals surface area contributed by atoms with Gasteiger partial charge in [0.15, 0.2) is 6.10 Å². The quantitative estimate of drug-likeness (QED) is 0.798. The monoisotopic (exact) mass is 345 g/mol. The first kappa shape index (κ1) is 17.0. The number of aliphatic hydroxyl groups excluding tert-OH is 1. The molecule has 0 saturated carbocycles. The van der Waals surface area contributed by atoms with Gasteiger partial charge in [0.1, 0.15) is 5.60 Å². The Morgan fingerprint density at radius 2 is 1.92 bits per heavy atom. The Balaban J connectivity index is 1.72. The van der Waals surface area contributed by atoms with Crippen LogP contribution in [0.1, 0.15) is 35.6 Å². The van der Waals surface area contributed by atoms with Crippen molar-refractivity contribution in [2.24, 2.45) is 0 Å². The fourth-order valence-electron chi connectivity index (χ4n) is 3.25. The summed E-state index contributed by atoms with van der Waals surface area (Å²) in [6, 6.07) is 14.4. The van der Waals surface area contributed by atoms with Crippen LogP contribution in [0.2, 0.25) is 5.02 Å². The van der Waals surface area contributed by atoms with Gasteiger partial charge in [-0.3, -0.25) is 4.79 Å². The van der Waals surface area contributed by atoms with E-state index in [1.54, 1.807) is 24.3 Å². The summed E-state index contributed by atoms with van der Waals surface area (Å²) in [5, 5.41) is 24.2. The minimum atomic E-state index is -1.36. The molecule has 126 valence electrons. The molecule has 0 aromatic heterocycles. The molecular formula is C19H20ClNO3. The number of aryl methyl sites for hydroxylation is 1. The van der Waals surface area contributed by atoms with Gasteiger partial charge in [0.25, 0.3) is 5.91 Å². The van der Waals surface area contributed by atoms with E-state index in [9.17, 15) is 15.0 Å². The number of hydrogen-bond acceptors (Lipinski definition) is 3. The van der Waals surface area contributed by atoms with E-state index in [2.05, 4.69) is 5.32 Å². The van der Waals surface area contributed by atoms with Crippen molar-refractivity contribution in [3.8, 4) is 0 Å². The van der Waals surface area contributed by atoms with Gasteiger partial charge in [0.05, 0.1) is 6.54 Å². The van der Waals surface area contributed by atoms with E-state index in [0.29, 0.717) is 17.0 Å². The summed E-state index contributed by atoms with van der Waals surface area (Å²) < 4.78 is 0. The van der Waals surface area contributed by atoms with E-state index in [-0.39, 0.29) is 6.54 Å². The van der Waals surface area contributed by atoms with E-state index in [1.807, 2.05) is 24.3 Å². The summed E-state index contributed by atoms with van der Waals surface area (Å²) in [5.41, 5.74) is 1.20. The van der Waals surface area contributed by atoms with E-state index >= 15 is 0 Å². The molecule has 1 aliphatic carbocycles. The molecule has 1 amide bonds. The predicted octanol–water partition coefficient (Wildman–Crippen LogP) is 2.71. The molecule has 0 bridgehead atoms. The highest BCUT2D eigenvalue weighted by Gasteiger charge is 2.35. The maximum absolute atomic E-state index is 12.3. The van der Waals surface area contributed by atoms with Gasteiger partial charge in [-0.15, -0.1) is 0 Å². The largest absolute Gasteiger partial charge is 0.383 e. The minimum absolute atomic E-state index is 0.0599. The maximum Gasteiger partial charge on any atom is 0.253 e. The molecule has 2 atom stereocenters. The van der Waals surface area contributed by atoms with Crippen LogP contribution in [0, 0.1) is 0 Å². The fourth-order valence-corrected chi connectivity index (χ4v) is 3.49. The van der Waals surface area contributed by atoms with Crippen LogP contribution < -0.4 is 5.32 Å². The van der Waals surface area contributed by atoms with E-state index in [1.165, 1.54) is 0 Å². The molecular weight excluding hydrogens is 326 g/mol. The molecule has 2 aromatic rings. The number of fused-ring (bicyclic) bond motifs is 1. The number of hydrogen-bond donors (Lipinski definition) is 3. The molecule has 0 saturated heterocycles. The summed E-state index contributed by atoms with van der Waals surface area (Å²) in [4.78, 5) is 12.3. The smallest absolute Gasteiger partial charge is 0.253 e. The summed E-state index contributed by atoms with van der Waals surface area (Å²) in [7, 11) is 0. The highest BCUT2D eigenvalue weighted by atomic mass is 35.5. The van der Waals surface area contributed by atoms with Crippen LogP contribution in [-0.4, -0.2) is 22.7 Å². The zero-order valence-electron chi connectivity index (χ0n) is 13.2. The normalized spacial score (nSPS) is 21.0. The molecule has 1 unspecified atom stereocenters. The van der Waals surface area contributed by atoms with Crippen molar-refractivity contribution < 1.29 is 15.0 Å². The number of rotatable bonds is 4. The van der Waals surface area contributed by atoms with Crippen LogP contribution in [0.3, 0.4) is 0 Å². The topological polar surface area (TPSA) is 69.6 Å². The molecule has 0 radical (unpaired) electrons. The van der Waals surface area contributed by atoms with Crippen LogP contribution >= 0.6 is 11.6 Å². The first-order chi connectivity index (χ1) is 11.5. The van der Waals surface area contributed by atoms with Gasteiger partial charge in [-0.25, -0.2) is 0 Å². The third-order valence-electron chi connectivity index (χ3n) is 4.56. The first-order valence-corrected chi connectivity index (χ1v) is 8.40. The zero-order chi connectivity index (χ0) is 17.2. The van der Waals surface area contributed by atoms with Crippen molar-refractivity contribution in [3.05, 3.63) is 70.2 Å². The fraction of sp³-hybridized carbons (Fsp3) is 0.316. The van der Waals surface area contributed by atoms with E-state index in [4.69, 9.17) is 11.6 Å². The molecule has 0 heterocycles. The van der Waals surface area contributed by atoms with Gasteiger partial charge in [0, 0.05) is 10.6 Å². The second kappa shape index (κ2) is 6.93. The van der Waals surface area contributed by atoms with Crippen molar-refractivity contribution in [2.75, 3.05) is 6.54 Å². The van der Waals surface area contributed by atoms with E-state index < -0.39 is 17.6 Å². The minimum Gasteiger partial charge on any atom is -0.383 e. The standard InChI is InChI=1S/C19H20ClNO3/c20-16-10-4-2-8-14(16)17(22)18(23)21-12-19(24)11-5-7-13-6-1-3-9-15(13)19/h1-4,6,8-10,17,22,24H,5,7,11-12H2,(H,21,23)/t17-,19?/m1/s1. The molecule has 24 heavy (non-hydrogen) atoms. The maximum atomic E-state index is 12.3. The average Bonchev–Trinajstić information content (AvgIpc) is 2.60. The molecule has 0 aliphatic heterocycles. The molecule has 3 rings (SSSR count). The van der Waals surface area contributed by atoms with Gasteiger partial charge in [-0.1, -0.05) is 54.1 Å². The van der Waals surface area contributed by atoms with Crippen molar-refractivity contribution in [2.45, 2.75) is 31.0 Å². The van der Waals surface area contributed by atoms with Crippen molar-refractivity contribution in [1.29, 1.82) is 0 Å². The lowest BCUT2D eigenvalue weighted by Gasteiger charge is -2.34. The first-order valence-electron chi connectivity index (χ1n) is 8.02. The Bertz CT molecular complexity index is 749. The third kappa shape index (κ3) is 3.31. The van der Waals surface area contributed by atoms with E-state index in [0.717, 1.165) is 24.0 Å². The lowest BCUT2D eigenvalue weighted by Crippen LogP contribution is -2.44. The van der Waals surface area contributed by atoms with Crippen LogP contribution in [0.5, 0.6) is 0 Å². The number of carbonyl (C=O) groups excluding carboxylic acids is 1. The Morgan fingerprint density at radius 3 is 2.71 bits per heavy atom. The second-order valence-electron chi connectivity index (χ2n) is 6.18. The average molecular weight is 346 g/mol. The van der Waals surface area contributed by atoms with Gasteiger partial charge >= 0.3 is 0 Å². The number of carbonyl (C=O) groups is 1. The second-order valence-corrected chi connectivity index (χ2v) is 6.59. The van der Waals surface area contributed by atoms with Crippen molar-refractivity contribution in [1.82, 2.24) is 5.32 Å². The Hall–Kier alpha value is -1.88. The molecule has 4 nitrogen and oxygen atoms in total. The summed E-state index contributed by atoms with van der Waals surface area (Å²) >= 11 is 6.02. The number of aliphatic hydroxyl groups is 2. The zero-order valence-corrected chi connectivity index (χ0v) is 14.0. The summed E-state index contributed by atoms with van der Waals surface area (Å²) in [5.74, 6) is -0.570. The Kier molecular flexibility index (Phi) is 4.90. The van der Waals surface area contributed by atoms with Gasteiger partial charge in [-0.05, 0) is 36.5 Å². The van der Waals surface area contributed by atoms with Crippen LogP contribution in [0.4, 0.5) is 0 Å². The number of halogens is 1. The van der Waals surface area contributed by atoms with Crippen LogP contribution in [0.25, 0.3) is 0 Å². The van der Waals surface area contributed by atoms with Gasteiger partial charge in [0.2, 0.25) is 0 Å². The highest BCUT2D eigenvalue weighted by molar-refractivity contribution is 6.31. The molecule has 5 heteroatoms. The number of nitrogens with one attached hydrogen (secondary N) is 1. The molecule has 0 spiro atoms. The Labute approximate surface area is 146 Å². The van der Waals surface area contributed by atoms with Gasteiger partial charge < -0.3 is 15.5 Å². The highest BCUT2D eigenvalue weighted by Crippen LogP contribution is 2.34. The summed E-state index contributed by atoms with van der Waals surface area (Å²) in [6.45, 7) is 0.0599. The third-order valence-corrected chi connectivity index (χ3v) is 4.90. The van der Waals surface area contributed by atoms with Crippen molar-refractivity contribution in [3.63, 3.8) is 0 Å². The SMILES string of the molecule is O=C(NCC1(O)CCCc2ccccc21)[C@H](O)c1ccccc1Cl. The molecule has 1 aliphatic rings. The van der Waals surface area contributed by atoms with Crippen LogP contribution in [0.15, 0.2) is 48.5 Å². The Morgan fingerprint density at radius 1 is 1.21 bits per heavy atom. The molecule has 0 fully saturated rings.